The Bertz CT molecular complexity index is 1440. The summed E-state index contributed by atoms with van der Waals surface area (Å²) in [7, 11) is 0. The van der Waals surface area contributed by atoms with Crippen LogP contribution in [-0.4, -0.2) is 108 Å². The van der Waals surface area contributed by atoms with Gasteiger partial charge in [-0.1, -0.05) is 0 Å². The molecule has 2 aromatic carbocycles. The maximum atomic E-state index is 13.2. The van der Waals surface area contributed by atoms with Crippen molar-refractivity contribution < 1.29 is 69.3 Å². The fourth-order valence-corrected chi connectivity index (χ4v) is 4.30. The molecule has 1 aromatic heterocycles. The Hall–Kier alpha value is -3.67. The number of fused-ring (bicyclic) bond motifs is 1. The van der Waals surface area contributed by atoms with Crippen LogP contribution in [0.2, 0.25) is 0 Å². The second-order valence-corrected chi connectivity index (χ2v) is 9.32. The van der Waals surface area contributed by atoms with Crippen molar-refractivity contribution in [1.82, 2.24) is 0 Å². The van der Waals surface area contributed by atoms with E-state index in [1.54, 1.807) is 0 Å². The fraction of sp³-hybridized carbons (Fsp3) is 0.400. The highest BCUT2D eigenvalue weighted by atomic mass is 16.7. The molecule has 2 aliphatic heterocycles. The second kappa shape index (κ2) is 10.7. The molecule has 2 fully saturated rings. The van der Waals surface area contributed by atoms with Crippen molar-refractivity contribution in [2.75, 3.05) is 13.2 Å². The second-order valence-electron chi connectivity index (χ2n) is 9.32. The molecule has 40 heavy (non-hydrogen) atoms. The van der Waals surface area contributed by atoms with Crippen LogP contribution in [0.5, 0.6) is 28.7 Å². The molecule has 0 spiro atoms. The van der Waals surface area contributed by atoms with Crippen molar-refractivity contribution in [3.63, 3.8) is 0 Å². The summed E-state index contributed by atoms with van der Waals surface area (Å²) in [6, 6.07) is 6.48. The van der Waals surface area contributed by atoms with Gasteiger partial charge in [-0.2, -0.15) is 0 Å². The van der Waals surface area contributed by atoms with Gasteiger partial charge in [0, 0.05) is 11.6 Å². The van der Waals surface area contributed by atoms with E-state index in [9.17, 15) is 50.8 Å². The Kier molecular flexibility index (Phi) is 7.47. The average Bonchev–Trinajstić information content (AvgIpc) is 2.93. The summed E-state index contributed by atoms with van der Waals surface area (Å²) in [5.41, 5.74) is -1.10. The zero-order valence-corrected chi connectivity index (χ0v) is 20.4. The average molecular weight is 566 g/mol. The summed E-state index contributed by atoms with van der Waals surface area (Å²) in [5, 5.41) is 91.2. The molecule has 5 rings (SSSR count). The van der Waals surface area contributed by atoms with Crippen molar-refractivity contribution in [2.45, 2.75) is 49.2 Å². The van der Waals surface area contributed by atoms with Crippen molar-refractivity contribution in [2.24, 2.45) is 0 Å². The topological polar surface area (TPSA) is 249 Å². The van der Waals surface area contributed by atoms with Gasteiger partial charge in [-0.25, -0.2) is 0 Å². The first-order valence-electron chi connectivity index (χ1n) is 12.0. The smallest absolute Gasteiger partial charge is 0.229 e. The van der Waals surface area contributed by atoms with Gasteiger partial charge in [-0.15, -0.1) is 0 Å². The minimum absolute atomic E-state index is 0.0677. The van der Waals surface area contributed by atoms with E-state index in [0.717, 1.165) is 6.07 Å². The minimum atomic E-state index is -1.85. The molecule has 3 aromatic rings. The summed E-state index contributed by atoms with van der Waals surface area (Å²) in [4.78, 5) is 13.2. The molecule has 15 nitrogen and oxygen atoms in total. The van der Waals surface area contributed by atoms with Gasteiger partial charge in [0.2, 0.25) is 29.8 Å². The van der Waals surface area contributed by atoms with Crippen molar-refractivity contribution >= 4 is 11.0 Å². The quantitative estimate of drug-likeness (QED) is 0.165. The number of phenols is 3. The number of benzene rings is 2. The van der Waals surface area contributed by atoms with Crippen LogP contribution in [0.4, 0.5) is 0 Å². The number of hydrogen-bond acceptors (Lipinski definition) is 15. The van der Waals surface area contributed by atoms with Crippen LogP contribution < -0.4 is 14.9 Å². The lowest BCUT2D eigenvalue weighted by Gasteiger charge is -2.36. The standard InChI is InChI=1S/C25H26O15/c26-9-3-1-8(2-4-9)13-5-10(27)14-17(32)22(39-24-18(33)15(30)11(28)6-36-24)20(35)23(21(14)38-13)40-25-19(34)16(31)12(29)7-37-25/h1-5,11-12,15-16,18-19,24-26,28-35H,6-7H2/t11-,12-,15-,16-,18-,19+,24+,25-/m1/s1. The van der Waals surface area contributed by atoms with Gasteiger partial charge >= 0.3 is 0 Å². The van der Waals surface area contributed by atoms with E-state index in [0.29, 0.717) is 5.56 Å². The maximum Gasteiger partial charge on any atom is 0.229 e. The lowest BCUT2D eigenvalue weighted by atomic mass is 10.1. The van der Waals surface area contributed by atoms with Gasteiger partial charge in [0.25, 0.3) is 0 Å². The van der Waals surface area contributed by atoms with Crippen LogP contribution in [-0.2, 0) is 9.47 Å². The molecule has 9 N–H and O–H groups in total. The van der Waals surface area contributed by atoms with Crippen molar-refractivity contribution in [3.8, 4) is 40.1 Å². The summed E-state index contributed by atoms with van der Waals surface area (Å²) in [5.74, 6) is -3.71. The largest absolute Gasteiger partial charge is 0.508 e. The van der Waals surface area contributed by atoms with Gasteiger partial charge in [-0.05, 0) is 24.3 Å². The fourth-order valence-electron chi connectivity index (χ4n) is 4.30. The monoisotopic (exact) mass is 566 g/mol. The van der Waals surface area contributed by atoms with E-state index in [2.05, 4.69) is 0 Å². The Morgan fingerprint density at radius 1 is 0.700 bits per heavy atom. The molecule has 0 radical (unpaired) electrons. The highest BCUT2D eigenvalue weighted by Crippen LogP contribution is 2.51. The van der Waals surface area contributed by atoms with E-state index in [1.807, 2.05) is 0 Å². The van der Waals surface area contributed by atoms with Gasteiger partial charge in [0.1, 0.15) is 53.5 Å². The van der Waals surface area contributed by atoms with Crippen LogP contribution >= 0.6 is 0 Å². The number of phenolic OH excluding ortho intramolecular Hbond substituents is 3. The lowest BCUT2D eigenvalue weighted by Crippen LogP contribution is -2.55. The number of hydrogen-bond donors (Lipinski definition) is 9. The lowest BCUT2D eigenvalue weighted by molar-refractivity contribution is -0.243. The van der Waals surface area contributed by atoms with Gasteiger partial charge in [0.15, 0.2) is 16.8 Å². The van der Waals surface area contributed by atoms with Gasteiger partial charge < -0.3 is 69.3 Å². The summed E-state index contributed by atoms with van der Waals surface area (Å²) in [6.45, 7) is -0.962. The molecule has 0 bridgehead atoms. The van der Waals surface area contributed by atoms with Crippen LogP contribution in [0.25, 0.3) is 22.3 Å². The highest BCUT2D eigenvalue weighted by molar-refractivity contribution is 5.95. The third-order valence-corrected chi connectivity index (χ3v) is 6.56. The summed E-state index contributed by atoms with van der Waals surface area (Å²) < 4.78 is 27.2. The first-order valence-corrected chi connectivity index (χ1v) is 12.0. The Morgan fingerprint density at radius 2 is 1.23 bits per heavy atom. The zero-order chi connectivity index (χ0) is 28.9. The van der Waals surface area contributed by atoms with E-state index < -0.39 is 102 Å². The van der Waals surface area contributed by atoms with Crippen LogP contribution in [0.3, 0.4) is 0 Å². The minimum Gasteiger partial charge on any atom is -0.508 e. The normalized spacial score (nSPS) is 30.8. The highest BCUT2D eigenvalue weighted by Gasteiger charge is 2.42. The zero-order valence-electron chi connectivity index (χ0n) is 20.4. The maximum absolute atomic E-state index is 13.2. The third kappa shape index (κ3) is 4.89. The Balaban J connectivity index is 1.66. The number of aliphatic hydroxyl groups excluding tert-OH is 6. The van der Waals surface area contributed by atoms with Crippen LogP contribution in [0.1, 0.15) is 0 Å². The molecule has 0 saturated carbocycles. The SMILES string of the molecule is O=c1cc(-c2ccc(O)cc2)oc2c(O[C@H]3OC[C@@H](O)[C@@H](O)[C@@H]3O)c(O)c(O[C@@H]3OC[C@@H](O)[C@@H](O)[C@H]3O)c(O)c12. The first-order chi connectivity index (χ1) is 19.0. The third-order valence-electron chi connectivity index (χ3n) is 6.56. The Labute approximate surface area is 223 Å². The van der Waals surface area contributed by atoms with Crippen molar-refractivity contribution in [1.29, 1.82) is 0 Å². The van der Waals surface area contributed by atoms with Crippen molar-refractivity contribution in [3.05, 3.63) is 40.6 Å². The van der Waals surface area contributed by atoms with Gasteiger partial charge in [-0.3, -0.25) is 4.79 Å². The molecular formula is C25H26O15. The number of ether oxygens (including phenoxy) is 4. The van der Waals surface area contributed by atoms with E-state index in [1.165, 1.54) is 24.3 Å². The van der Waals surface area contributed by atoms with E-state index in [-0.39, 0.29) is 11.5 Å². The Morgan fingerprint density at radius 3 is 1.77 bits per heavy atom. The van der Waals surface area contributed by atoms with E-state index >= 15 is 0 Å². The summed E-state index contributed by atoms with van der Waals surface area (Å²) in [6.07, 6.45) is -13.5. The van der Waals surface area contributed by atoms with Crippen LogP contribution in [0.15, 0.2) is 39.5 Å². The molecular weight excluding hydrogens is 540 g/mol. The molecule has 216 valence electrons. The van der Waals surface area contributed by atoms with E-state index in [4.69, 9.17) is 23.4 Å². The predicted molar refractivity (Wildman–Crippen MR) is 130 cm³/mol. The number of aliphatic hydroxyl groups is 6. The molecule has 2 saturated heterocycles. The number of aromatic hydroxyl groups is 3. The first kappa shape index (κ1) is 27.9. The molecule has 0 amide bonds. The van der Waals surface area contributed by atoms with Gasteiger partial charge in [0.05, 0.1) is 13.2 Å². The molecule has 8 atom stereocenters. The molecule has 0 aliphatic carbocycles. The van der Waals surface area contributed by atoms with Crippen LogP contribution in [0, 0.1) is 0 Å². The molecule has 2 aliphatic rings. The summed E-state index contributed by atoms with van der Waals surface area (Å²) >= 11 is 0. The number of rotatable bonds is 5. The predicted octanol–water partition coefficient (Wildman–Crippen LogP) is -1.79. The molecule has 0 unspecified atom stereocenters. The molecule has 15 heteroatoms. The molecule has 3 heterocycles.